The topological polar surface area (TPSA) is 54.0 Å². The quantitative estimate of drug-likeness (QED) is 0.896. The number of halogens is 1. The van der Waals surface area contributed by atoms with Gasteiger partial charge in [-0.2, -0.15) is 0 Å². The lowest BCUT2D eigenvalue weighted by Crippen LogP contribution is -2.43. The molecule has 2 fully saturated rings. The van der Waals surface area contributed by atoms with Gasteiger partial charge in [0.2, 0.25) is 0 Å². The van der Waals surface area contributed by atoms with Crippen molar-refractivity contribution in [1.29, 1.82) is 0 Å². The van der Waals surface area contributed by atoms with Gasteiger partial charge in [0.05, 0.1) is 9.04 Å². The molecule has 2 aliphatic heterocycles. The SMILES string of the molecule is O=C(N[C@@H]1C[C@H]2CC[C@@H]1N2)c1cc2cc(Cl)sc2cn1. The van der Waals surface area contributed by atoms with Crippen LogP contribution >= 0.6 is 22.9 Å². The molecule has 2 aliphatic rings. The van der Waals surface area contributed by atoms with Crippen molar-refractivity contribution in [1.82, 2.24) is 15.6 Å². The second-order valence-electron chi connectivity index (χ2n) is 5.52. The molecule has 20 heavy (non-hydrogen) atoms. The Morgan fingerprint density at radius 3 is 3.10 bits per heavy atom. The third kappa shape index (κ3) is 2.10. The summed E-state index contributed by atoms with van der Waals surface area (Å²) >= 11 is 7.45. The van der Waals surface area contributed by atoms with Crippen LogP contribution in [0.3, 0.4) is 0 Å². The lowest BCUT2D eigenvalue weighted by atomic mass is 9.95. The number of hydrogen-bond acceptors (Lipinski definition) is 4. The molecule has 4 rings (SSSR count). The van der Waals surface area contributed by atoms with Gasteiger partial charge in [-0.05, 0) is 36.8 Å². The molecule has 0 unspecified atom stereocenters. The van der Waals surface area contributed by atoms with E-state index < -0.39 is 0 Å². The van der Waals surface area contributed by atoms with Gasteiger partial charge < -0.3 is 10.6 Å². The molecule has 2 aromatic heterocycles. The highest BCUT2D eigenvalue weighted by Gasteiger charge is 2.39. The number of carbonyl (C=O) groups is 1. The average Bonchev–Trinajstić information content (AvgIpc) is 3.10. The summed E-state index contributed by atoms with van der Waals surface area (Å²) in [6, 6.07) is 4.94. The summed E-state index contributed by atoms with van der Waals surface area (Å²) in [5.41, 5.74) is 0.467. The number of fused-ring (bicyclic) bond motifs is 3. The predicted octanol–water partition coefficient (Wildman–Crippen LogP) is 2.57. The van der Waals surface area contributed by atoms with E-state index in [4.69, 9.17) is 11.6 Å². The molecule has 0 aromatic carbocycles. The normalized spacial score (nSPS) is 28.1. The van der Waals surface area contributed by atoms with E-state index in [0.29, 0.717) is 17.8 Å². The lowest BCUT2D eigenvalue weighted by Gasteiger charge is -2.21. The van der Waals surface area contributed by atoms with Crippen LogP contribution < -0.4 is 10.6 Å². The molecule has 1 amide bonds. The minimum atomic E-state index is -0.0893. The van der Waals surface area contributed by atoms with Gasteiger partial charge in [0.1, 0.15) is 5.69 Å². The zero-order valence-electron chi connectivity index (χ0n) is 10.7. The predicted molar refractivity (Wildman–Crippen MR) is 80.4 cm³/mol. The third-order valence-electron chi connectivity index (χ3n) is 4.22. The molecule has 0 radical (unpaired) electrons. The molecule has 0 spiro atoms. The Morgan fingerprint density at radius 1 is 1.45 bits per heavy atom. The van der Waals surface area contributed by atoms with E-state index in [1.54, 1.807) is 6.20 Å². The summed E-state index contributed by atoms with van der Waals surface area (Å²) in [5.74, 6) is -0.0893. The number of amides is 1. The van der Waals surface area contributed by atoms with Crippen molar-refractivity contribution in [2.24, 2.45) is 0 Å². The molecule has 6 heteroatoms. The second-order valence-corrected chi connectivity index (χ2v) is 7.24. The van der Waals surface area contributed by atoms with Gasteiger partial charge in [0.15, 0.2) is 0 Å². The molecule has 4 heterocycles. The monoisotopic (exact) mass is 307 g/mol. The summed E-state index contributed by atoms with van der Waals surface area (Å²) in [4.78, 5) is 16.5. The minimum Gasteiger partial charge on any atom is -0.346 e. The van der Waals surface area contributed by atoms with Crippen LogP contribution in [0.5, 0.6) is 0 Å². The first-order valence-corrected chi connectivity index (χ1v) is 8.00. The fourth-order valence-electron chi connectivity index (χ4n) is 3.26. The molecule has 3 atom stereocenters. The van der Waals surface area contributed by atoms with E-state index >= 15 is 0 Å². The standard InChI is InChI=1S/C14H14ClN3OS/c15-13-4-7-3-11(16-6-12(7)20-13)14(19)18-10-5-8-1-2-9(10)17-8/h3-4,6,8-10,17H,1-2,5H2,(H,18,19)/t8-,9+,10-/m1/s1. The summed E-state index contributed by atoms with van der Waals surface area (Å²) in [7, 11) is 0. The van der Waals surface area contributed by atoms with Gasteiger partial charge >= 0.3 is 0 Å². The van der Waals surface area contributed by atoms with E-state index in [0.717, 1.165) is 27.3 Å². The maximum absolute atomic E-state index is 12.3. The first-order chi connectivity index (χ1) is 9.69. The van der Waals surface area contributed by atoms with Crippen molar-refractivity contribution in [3.63, 3.8) is 0 Å². The molecular weight excluding hydrogens is 294 g/mol. The van der Waals surface area contributed by atoms with Gasteiger partial charge in [0.25, 0.3) is 5.91 Å². The van der Waals surface area contributed by atoms with Crippen LogP contribution in [0.4, 0.5) is 0 Å². The maximum atomic E-state index is 12.3. The fourth-order valence-corrected chi connectivity index (χ4v) is 4.37. The molecule has 2 saturated heterocycles. The Labute approximate surface area is 125 Å². The number of carbonyl (C=O) groups excluding carboxylic acids is 1. The van der Waals surface area contributed by atoms with Crippen molar-refractivity contribution in [2.75, 3.05) is 0 Å². The van der Waals surface area contributed by atoms with Gasteiger partial charge in [-0.3, -0.25) is 4.79 Å². The van der Waals surface area contributed by atoms with Gasteiger partial charge in [-0.25, -0.2) is 4.98 Å². The molecule has 104 valence electrons. The van der Waals surface area contributed by atoms with Crippen molar-refractivity contribution in [3.05, 3.63) is 28.4 Å². The number of nitrogens with one attached hydrogen (secondary N) is 2. The highest BCUT2D eigenvalue weighted by molar-refractivity contribution is 7.22. The van der Waals surface area contributed by atoms with Crippen molar-refractivity contribution in [3.8, 4) is 0 Å². The summed E-state index contributed by atoms with van der Waals surface area (Å²) in [5, 5.41) is 7.60. The van der Waals surface area contributed by atoms with Crippen LogP contribution in [0.2, 0.25) is 4.34 Å². The molecule has 2 N–H and O–H groups in total. The smallest absolute Gasteiger partial charge is 0.270 e. The molecule has 2 aromatic rings. The number of aromatic nitrogens is 1. The Morgan fingerprint density at radius 2 is 2.35 bits per heavy atom. The highest BCUT2D eigenvalue weighted by atomic mass is 35.5. The lowest BCUT2D eigenvalue weighted by molar-refractivity contribution is 0.0926. The molecule has 2 bridgehead atoms. The summed E-state index contributed by atoms with van der Waals surface area (Å²) in [6.07, 6.45) is 5.14. The number of nitrogens with zero attached hydrogens (tertiary/aromatic N) is 1. The van der Waals surface area contributed by atoms with Crippen LogP contribution in [0.1, 0.15) is 29.8 Å². The van der Waals surface area contributed by atoms with Crippen LogP contribution in [0.15, 0.2) is 18.3 Å². The van der Waals surface area contributed by atoms with E-state index in [2.05, 4.69) is 15.6 Å². The zero-order chi connectivity index (χ0) is 13.7. The number of thiophene rings is 1. The van der Waals surface area contributed by atoms with Crippen LogP contribution in [0.25, 0.3) is 10.1 Å². The van der Waals surface area contributed by atoms with Gasteiger partial charge in [0, 0.05) is 24.3 Å². The second kappa shape index (κ2) is 4.69. The number of pyridine rings is 1. The summed E-state index contributed by atoms with van der Waals surface area (Å²) < 4.78 is 1.73. The third-order valence-corrected chi connectivity index (χ3v) is 5.44. The summed E-state index contributed by atoms with van der Waals surface area (Å²) in [6.45, 7) is 0. The van der Waals surface area contributed by atoms with E-state index in [1.165, 1.54) is 17.8 Å². The average molecular weight is 308 g/mol. The number of rotatable bonds is 2. The van der Waals surface area contributed by atoms with Crippen LogP contribution in [-0.4, -0.2) is 29.0 Å². The largest absolute Gasteiger partial charge is 0.346 e. The fraction of sp³-hybridized carbons (Fsp3) is 0.429. The molecule has 0 saturated carbocycles. The van der Waals surface area contributed by atoms with E-state index in [-0.39, 0.29) is 11.9 Å². The first-order valence-electron chi connectivity index (χ1n) is 6.81. The minimum absolute atomic E-state index is 0.0893. The first kappa shape index (κ1) is 12.6. The van der Waals surface area contributed by atoms with Gasteiger partial charge in [-0.1, -0.05) is 11.6 Å². The number of hydrogen-bond donors (Lipinski definition) is 2. The van der Waals surface area contributed by atoms with Gasteiger partial charge in [-0.15, -0.1) is 11.3 Å². The maximum Gasteiger partial charge on any atom is 0.270 e. The molecule has 4 nitrogen and oxygen atoms in total. The van der Waals surface area contributed by atoms with E-state index in [1.807, 2.05) is 12.1 Å². The Kier molecular flexibility index (Phi) is 2.94. The van der Waals surface area contributed by atoms with Crippen LogP contribution in [0, 0.1) is 0 Å². The Balaban J connectivity index is 1.54. The molecular formula is C14H14ClN3OS. The van der Waals surface area contributed by atoms with Crippen LogP contribution in [-0.2, 0) is 0 Å². The van der Waals surface area contributed by atoms with Crippen molar-refractivity contribution >= 4 is 38.9 Å². The Hall–Kier alpha value is -1.17. The molecule has 0 aliphatic carbocycles. The van der Waals surface area contributed by atoms with E-state index in [9.17, 15) is 4.79 Å². The zero-order valence-corrected chi connectivity index (χ0v) is 12.3. The van der Waals surface area contributed by atoms with Crippen molar-refractivity contribution in [2.45, 2.75) is 37.4 Å². The Bertz CT molecular complexity index is 686. The van der Waals surface area contributed by atoms with Crippen molar-refractivity contribution < 1.29 is 4.79 Å². The highest BCUT2D eigenvalue weighted by Crippen LogP contribution is 2.30.